The van der Waals surface area contributed by atoms with E-state index in [9.17, 15) is 14.4 Å². The zero-order chi connectivity index (χ0) is 12.4. The Kier molecular flexibility index (Phi) is 2.78. The average molecular weight is 235 g/mol. The van der Waals surface area contributed by atoms with Crippen LogP contribution in [0, 0.1) is 0 Å². The van der Waals surface area contributed by atoms with Crippen molar-refractivity contribution in [1.29, 1.82) is 0 Å². The van der Waals surface area contributed by atoms with Gasteiger partial charge in [-0.25, -0.2) is 9.59 Å². The topological polar surface area (TPSA) is 89.4 Å². The van der Waals surface area contributed by atoms with Crippen LogP contribution < -0.4 is 5.76 Å². The second-order valence-electron chi connectivity index (χ2n) is 3.24. The molecule has 0 spiro atoms. The lowest BCUT2D eigenvalue weighted by Gasteiger charge is -2.01. The molecule has 0 radical (unpaired) electrons. The highest BCUT2D eigenvalue weighted by molar-refractivity contribution is 6.42. The Morgan fingerprint density at radius 1 is 1.41 bits per heavy atom. The number of carbonyl (C=O) groups excluding carboxylic acids is 2. The summed E-state index contributed by atoms with van der Waals surface area (Å²) in [6.45, 7) is 1.72. The minimum Gasteiger partial charge on any atom is -0.460 e. The normalized spacial score (nSPS) is 10.4. The smallest absolute Gasteiger partial charge is 0.417 e. The van der Waals surface area contributed by atoms with Gasteiger partial charge in [-0.2, -0.15) is 0 Å². The molecule has 0 unspecified atom stereocenters. The number of ketones is 1. The van der Waals surface area contributed by atoms with Crippen molar-refractivity contribution in [3.05, 3.63) is 34.3 Å². The number of hydrogen-bond donors (Lipinski definition) is 1. The van der Waals surface area contributed by atoms with Gasteiger partial charge in [-0.15, -0.1) is 0 Å². The van der Waals surface area contributed by atoms with Crippen LogP contribution in [-0.2, 0) is 9.53 Å². The first-order valence-corrected chi connectivity index (χ1v) is 4.96. The number of oxazole rings is 1. The van der Waals surface area contributed by atoms with E-state index in [1.807, 2.05) is 0 Å². The van der Waals surface area contributed by atoms with E-state index in [2.05, 4.69) is 9.72 Å². The molecule has 0 aliphatic carbocycles. The predicted octanol–water partition coefficient (Wildman–Crippen LogP) is 0.867. The molecule has 0 amide bonds. The summed E-state index contributed by atoms with van der Waals surface area (Å²) in [6, 6.07) is 4.47. The number of esters is 1. The Balaban J connectivity index is 2.51. The molecule has 0 bridgehead atoms. The highest BCUT2D eigenvalue weighted by Gasteiger charge is 2.21. The third-order valence-corrected chi connectivity index (χ3v) is 2.16. The number of benzene rings is 1. The second kappa shape index (κ2) is 4.25. The van der Waals surface area contributed by atoms with Gasteiger partial charge in [0.25, 0.3) is 5.78 Å². The Hall–Kier alpha value is -2.37. The summed E-state index contributed by atoms with van der Waals surface area (Å²) in [5, 5.41) is 0. The highest BCUT2D eigenvalue weighted by Crippen LogP contribution is 2.15. The van der Waals surface area contributed by atoms with Crippen molar-refractivity contribution in [3.63, 3.8) is 0 Å². The number of carbonyl (C=O) groups is 2. The molecule has 88 valence electrons. The maximum Gasteiger partial charge on any atom is 0.417 e. The summed E-state index contributed by atoms with van der Waals surface area (Å²) < 4.78 is 9.39. The quantitative estimate of drug-likeness (QED) is 0.484. The molecule has 0 aliphatic rings. The molecule has 0 saturated carbocycles. The molecule has 2 rings (SSSR count). The maximum absolute atomic E-state index is 11.7. The zero-order valence-electron chi connectivity index (χ0n) is 8.98. The van der Waals surface area contributed by atoms with Gasteiger partial charge >= 0.3 is 11.7 Å². The molecule has 6 heteroatoms. The minimum atomic E-state index is -0.956. The van der Waals surface area contributed by atoms with Crippen LogP contribution in [0.5, 0.6) is 0 Å². The number of nitrogens with one attached hydrogen (secondary N) is 1. The predicted molar refractivity (Wildman–Crippen MR) is 57.8 cm³/mol. The van der Waals surface area contributed by atoms with E-state index in [0.717, 1.165) is 0 Å². The molecular weight excluding hydrogens is 226 g/mol. The van der Waals surface area contributed by atoms with Gasteiger partial charge in [-0.05, 0) is 19.1 Å². The second-order valence-corrected chi connectivity index (χ2v) is 3.24. The summed E-state index contributed by atoms with van der Waals surface area (Å²) in [5.74, 6) is -2.44. The van der Waals surface area contributed by atoms with Crippen LogP contribution in [0.2, 0.25) is 0 Å². The fourth-order valence-electron chi connectivity index (χ4n) is 1.47. The Bertz CT molecular complexity index is 637. The summed E-state index contributed by atoms with van der Waals surface area (Å²) in [7, 11) is 0. The maximum atomic E-state index is 11.7. The van der Waals surface area contributed by atoms with E-state index in [-0.39, 0.29) is 23.3 Å². The van der Waals surface area contributed by atoms with Gasteiger partial charge < -0.3 is 9.15 Å². The number of hydrogen-bond acceptors (Lipinski definition) is 5. The number of aromatic amines is 1. The van der Waals surface area contributed by atoms with Crippen LogP contribution in [0.4, 0.5) is 0 Å². The van der Waals surface area contributed by atoms with Crippen LogP contribution in [0.3, 0.4) is 0 Å². The SMILES string of the molecule is CCOC(=O)C(=O)c1cccc2oc(=O)[nH]c12. The fraction of sp³-hybridized carbons (Fsp3) is 0.182. The Morgan fingerprint density at radius 2 is 2.18 bits per heavy atom. The highest BCUT2D eigenvalue weighted by atomic mass is 16.5. The van der Waals surface area contributed by atoms with Crippen LogP contribution in [0.15, 0.2) is 27.4 Å². The number of fused-ring (bicyclic) bond motifs is 1. The molecule has 1 N–H and O–H groups in total. The lowest BCUT2D eigenvalue weighted by molar-refractivity contribution is -0.137. The number of para-hydroxylation sites is 1. The molecule has 17 heavy (non-hydrogen) atoms. The molecule has 1 aromatic carbocycles. The number of rotatable bonds is 3. The van der Waals surface area contributed by atoms with Crippen molar-refractivity contribution >= 4 is 22.9 Å². The van der Waals surface area contributed by atoms with Crippen molar-refractivity contribution < 1.29 is 18.7 Å². The standard InChI is InChI=1S/C11H9NO5/c1-2-16-10(14)9(13)6-4-3-5-7-8(6)12-11(15)17-7/h3-5H,2H2,1H3,(H,12,15). The van der Waals surface area contributed by atoms with Crippen molar-refractivity contribution in [2.24, 2.45) is 0 Å². The number of ether oxygens (including phenoxy) is 1. The fourth-order valence-corrected chi connectivity index (χ4v) is 1.47. The first-order chi connectivity index (χ1) is 8.13. The lowest BCUT2D eigenvalue weighted by Crippen LogP contribution is -2.17. The minimum absolute atomic E-state index is 0.0619. The van der Waals surface area contributed by atoms with Gasteiger partial charge in [0.1, 0.15) is 0 Å². The van der Waals surface area contributed by atoms with Gasteiger partial charge in [0.15, 0.2) is 5.58 Å². The molecule has 0 aliphatic heterocycles. The van der Waals surface area contributed by atoms with Crippen LogP contribution >= 0.6 is 0 Å². The summed E-state index contributed by atoms with van der Waals surface area (Å²) >= 11 is 0. The molecule has 2 aromatic rings. The summed E-state index contributed by atoms with van der Waals surface area (Å²) in [6.07, 6.45) is 0. The van der Waals surface area contributed by atoms with Gasteiger partial charge in [0.05, 0.1) is 17.7 Å². The van der Waals surface area contributed by atoms with E-state index in [4.69, 9.17) is 4.42 Å². The first-order valence-electron chi connectivity index (χ1n) is 4.96. The molecule has 6 nitrogen and oxygen atoms in total. The average Bonchev–Trinajstić information content (AvgIpc) is 2.68. The molecule has 1 aromatic heterocycles. The van der Waals surface area contributed by atoms with E-state index < -0.39 is 17.5 Å². The van der Waals surface area contributed by atoms with E-state index in [1.54, 1.807) is 6.92 Å². The van der Waals surface area contributed by atoms with Gasteiger partial charge in [-0.1, -0.05) is 6.07 Å². The number of H-pyrrole nitrogens is 1. The monoisotopic (exact) mass is 235 g/mol. The molecule has 1 heterocycles. The Labute approximate surface area is 95.2 Å². The van der Waals surface area contributed by atoms with Crippen LogP contribution in [0.1, 0.15) is 17.3 Å². The van der Waals surface area contributed by atoms with E-state index in [1.165, 1.54) is 18.2 Å². The lowest BCUT2D eigenvalue weighted by atomic mass is 10.1. The van der Waals surface area contributed by atoms with Crippen molar-refractivity contribution in [1.82, 2.24) is 4.98 Å². The summed E-state index contributed by atoms with van der Waals surface area (Å²) in [5.41, 5.74) is 0.493. The van der Waals surface area contributed by atoms with E-state index in [0.29, 0.717) is 0 Å². The van der Waals surface area contributed by atoms with Crippen LogP contribution in [-0.4, -0.2) is 23.3 Å². The van der Waals surface area contributed by atoms with Crippen molar-refractivity contribution in [2.45, 2.75) is 6.92 Å². The Morgan fingerprint density at radius 3 is 2.88 bits per heavy atom. The van der Waals surface area contributed by atoms with Gasteiger partial charge in [-0.3, -0.25) is 9.78 Å². The van der Waals surface area contributed by atoms with Crippen molar-refractivity contribution in [3.8, 4) is 0 Å². The third-order valence-electron chi connectivity index (χ3n) is 2.16. The third kappa shape index (κ3) is 1.96. The number of Topliss-reactive ketones (excluding diaryl/α,β-unsaturated/α-hetero) is 1. The van der Waals surface area contributed by atoms with Crippen LogP contribution in [0.25, 0.3) is 11.1 Å². The largest absolute Gasteiger partial charge is 0.460 e. The molecule has 0 saturated heterocycles. The van der Waals surface area contributed by atoms with Gasteiger partial charge in [0, 0.05) is 0 Å². The van der Waals surface area contributed by atoms with Gasteiger partial charge in [0.2, 0.25) is 0 Å². The summed E-state index contributed by atoms with van der Waals surface area (Å²) in [4.78, 5) is 36.4. The number of aromatic nitrogens is 1. The van der Waals surface area contributed by atoms with Crippen molar-refractivity contribution in [2.75, 3.05) is 6.61 Å². The first kappa shape index (κ1) is 11.1. The van der Waals surface area contributed by atoms with E-state index >= 15 is 0 Å². The molecule has 0 fully saturated rings. The zero-order valence-corrected chi connectivity index (χ0v) is 8.98. The molecule has 0 atom stereocenters. The molecular formula is C11H9NO5.